The maximum Gasteiger partial charge on any atom is 0.240 e. The minimum Gasteiger partial charge on any atom is -0.333 e. The van der Waals surface area contributed by atoms with E-state index >= 15 is 0 Å². The van der Waals surface area contributed by atoms with Crippen LogP contribution >= 0.6 is 11.3 Å². The summed E-state index contributed by atoms with van der Waals surface area (Å²) < 4.78 is 0. The maximum absolute atomic E-state index is 13.9. The van der Waals surface area contributed by atoms with Gasteiger partial charge in [0.05, 0.1) is 29.5 Å². The van der Waals surface area contributed by atoms with Crippen molar-refractivity contribution < 1.29 is 14.4 Å². The number of carbonyl (C=O) groups excluding carboxylic acids is 3. The van der Waals surface area contributed by atoms with Gasteiger partial charge in [-0.05, 0) is 48.1 Å². The molecule has 4 unspecified atom stereocenters. The fourth-order valence-electron chi connectivity index (χ4n) is 5.30. The first-order chi connectivity index (χ1) is 16.0. The van der Waals surface area contributed by atoms with Crippen molar-refractivity contribution >= 4 is 34.7 Å². The Balaban J connectivity index is 1.55. The Morgan fingerprint density at radius 3 is 2.27 bits per heavy atom. The summed E-state index contributed by atoms with van der Waals surface area (Å²) in [6, 6.07) is 20.4. The second-order valence-corrected chi connectivity index (χ2v) is 9.70. The third kappa shape index (κ3) is 3.49. The molecule has 3 heterocycles. The van der Waals surface area contributed by atoms with Gasteiger partial charge in [-0.3, -0.25) is 14.4 Å². The lowest BCUT2D eigenvalue weighted by Crippen LogP contribution is -2.41. The number of nitrogens with zero attached hydrogens (tertiary/aromatic N) is 2. The number of imide groups is 1. The molecular weight excluding hydrogens is 432 g/mol. The summed E-state index contributed by atoms with van der Waals surface area (Å²) >= 11 is 1.56. The summed E-state index contributed by atoms with van der Waals surface area (Å²) in [5, 5.41) is 1.99. The summed E-state index contributed by atoms with van der Waals surface area (Å²) in [6.45, 7) is 4.28. The molecule has 3 amide bonds. The third-order valence-electron chi connectivity index (χ3n) is 6.92. The summed E-state index contributed by atoms with van der Waals surface area (Å²) in [4.78, 5) is 45.1. The minimum absolute atomic E-state index is 0.0113. The molecule has 3 aromatic rings. The molecule has 5 nitrogen and oxygen atoms in total. The Morgan fingerprint density at radius 2 is 1.67 bits per heavy atom. The lowest BCUT2D eigenvalue weighted by Gasteiger charge is -2.31. The van der Waals surface area contributed by atoms with E-state index in [1.54, 1.807) is 23.5 Å². The van der Waals surface area contributed by atoms with Gasteiger partial charge < -0.3 is 4.90 Å². The summed E-state index contributed by atoms with van der Waals surface area (Å²) in [7, 11) is 0. The predicted molar refractivity (Wildman–Crippen MR) is 129 cm³/mol. The largest absolute Gasteiger partial charge is 0.333 e. The molecule has 0 aliphatic carbocycles. The van der Waals surface area contributed by atoms with E-state index in [9.17, 15) is 14.4 Å². The quantitative estimate of drug-likeness (QED) is 0.509. The molecule has 5 rings (SSSR count). The maximum atomic E-state index is 13.9. The van der Waals surface area contributed by atoms with Crippen molar-refractivity contribution in [2.75, 3.05) is 11.4 Å². The fraction of sp³-hybridized carbons (Fsp3) is 0.296. The van der Waals surface area contributed by atoms with E-state index in [-0.39, 0.29) is 30.2 Å². The number of carbonyl (C=O) groups is 3. The van der Waals surface area contributed by atoms with Crippen molar-refractivity contribution in [1.82, 2.24) is 4.90 Å². The fourth-order valence-corrected chi connectivity index (χ4v) is 6.39. The molecule has 0 saturated carbocycles. The van der Waals surface area contributed by atoms with Gasteiger partial charge in [-0.15, -0.1) is 11.3 Å². The molecule has 2 fully saturated rings. The molecule has 0 N–H and O–H groups in total. The van der Waals surface area contributed by atoms with Crippen molar-refractivity contribution in [3.8, 4) is 0 Å². The Morgan fingerprint density at radius 1 is 1.00 bits per heavy atom. The molecule has 2 aliphatic rings. The van der Waals surface area contributed by atoms with Crippen molar-refractivity contribution in [2.24, 2.45) is 11.8 Å². The molecule has 33 heavy (non-hydrogen) atoms. The Hall–Kier alpha value is -3.25. The molecule has 168 valence electrons. The van der Waals surface area contributed by atoms with Crippen LogP contribution < -0.4 is 4.90 Å². The summed E-state index contributed by atoms with van der Waals surface area (Å²) in [5.41, 5.74) is 2.61. The molecule has 2 aliphatic heterocycles. The number of rotatable bonds is 5. The highest BCUT2D eigenvalue weighted by Crippen LogP contribution is 2.50. The van der Waals surface area contributed by atoms with E-state index in [0.29, 0.717) is 12.1 Å². The van der Waals surface area contributed by atoms with Crippen LogP contribution in [0.1, 0.15) is 41.3 Å². The number of hydrogen-bond donors (Lipinski definition) is 0. The van der Waals surface area contributed by atoms with Crippen molar-refractivity contribution in [3.63, 3.8) is 0 Å². The molecule has 0 spiro atoms. The van der Waals surface area contributed by atoms with Crippen LogP contribution in [0.2, 0.25) is 0 Å². The van der Waals surface area contributed by atoms with Crippen LogP contribution in [0.5, 0.6) is 0 Å². The van der Waals surface area contributed by atoms with Gasteiger partial charge in [0.25, 0.3) is 0 Å². The van der Waals surface area contributed by atoms with Crippen LogP contribution in [0, 0.1) is 18.8 Å². The second-order valence-electron chi connectivity index (χ2n) is 8.75. The number of aryl methyl sites for hydroxylation is 1. The third-order valence-corrected chi connectivity index (χ3v) is 8.01. The van der Waals surface area contributed by atoms with Gasteiger partial charge in [0.1, 0.15) is 0 Å². The number of thiophene rings is 1. The number of benzene rings is 2. The average Bonchev–Trinajstić information content (AvgIpc) is 3.50. The highest BCUT2D eigenvalue weighted by molar-refractivity contribution is 7.10. The van der Waals surface area contributed by atoms with Gasteiger partial charge in [0.2, 0.25) is 17.7 Å². The first kappa shape index (κ1) is 21.6. The topological polar surface area (TPSA) is 57.7 Å². The predicted octanol–water partition coefficient (Wildman–Crippen LogP) is 4.94. The molecule has 2 saturated heterocycles. The molecule has 0 bridgehead atoms. The van der Waals surface area contributed by atoms with Gasteiger partial charge in [0.15, 0.2) is 0 Å². The number of fused-ring (bicyclic) bond motifs is 1. The van der Waals surface area contributed by atoms with Crippen LogP contribution in [0.25, 0.3) is 0 Å². The number of para-hydroxylation sites is 1. The molecule has 4 atom stereocenters. The Kier molecular flexibility index (Phi) is 5.62. The van der Waals surface area contributed by atoms with E-state index in [0.717, 1.165) is 16.0 Å². The van der Waals surface area contributed by atoms with E-state index in [2.05, 4.69) is 0 Å². The monoisotopic (exact) mass is 458 g/mol. The summed E-state index contributed by atoms with van der Waals surface area (Å²) in [5.74, 6) is -1.82. The number of anilines is 1. The van der Waals surface area contributed by atoms with Crippen LogP contribution in [-0.2, 0) is 14.4 Å². The van der Waals surface area contributed by atoms with Crippen molar-refractivity contribution in [2.45, 2.75) is 32.2 Å². The summed E-state index contributed by atoms with van der Waals surface area (Å²) in [6.07, 6.45) is 0.656. The Bertz CT molecular complexity index is 1190. The van der Waals surface area contributed by atoms with Gasteiger partial charge in [-0.25, -0.2) is 4.90 Å². The van der Waals surface area contributed by atoms with Crippen LogP contribution in [0.3, 0.4) is 0 Å². The first-order valence-corrected chi connectivity index (χ1v) is 12.2. The number of amides is 3. The second kappa shape index (κ2) is 8.60. The average molecular weight is 459 g/mol. The molecule has 2 aromatic carbocycles. The number of likely N-dealkylation sites (tertiary alicyclic amines) is 1. The molecular formula is C27H26N2O3S. The van der Waals surface area contributed by atoms with Crippen LogP contribution in [-0.4, -0.2) is 29.2 Å². The van der Waals surface area contributed by atoms with Crippen molar-refractivity contribution in [1.29, 1.82) is 0 Å². The first-order valence-electron chi connectivity index (χ1n) is 11.3. The van der Waals surface area contributed by atoms with E-state index < -0.39 is 17.9 Å². The van der Waals surface area contributed by atoms with Gasteiger partial charge in [0, 0.05) is 11.4 Å². The van der Waals surface area contributed by atoms with Crippen LogP contribution in [0.4, 0.5) is 5.69 Å². The van der Waals surface area contributed by atoms with Gasteiger partial charge in [-0.1, -0.05) is 55.5 Å². The van der Waals surface area contributed by atoms with Gasteiger partial charge in [-0.2, -0.15) is 0 Å². The zero-order chi connectivity index (χ0) is 23.1. The standard InChI is InChI=1S/C27H26N2O3S/c1-3-20(18-10-6-4-7-11-18)25(30)28-16-21-22(23(28)24-17(2)14-15-33-24)27(32)29(26(21)31)19-12-8-5-9-13-19/h4-15,20-23H,3,16H2,1-2H3. The smallest absolute Gasteiger partial charge is 0.240 e. The lowest BCUT2D eigenvalue weighted by atomic mass is 9.90. The van der Waals surface area contributed by atoms with E-state index in [4.69, 9.17) is 0 Å². The normalized spacial score (nSPS) is 23.2. The minimum atomic E-state index is -0.563. The van der Waals surface area contributed by atoms with Gasteiger partial charge >= 0.3 is 0 Å². The Labute approximate surface area is 197 Å². The number of hydrogen-bond acceptors (Lipinski definition) is 4. The van der Waals surface area contributed by atoms with Crippen LogP contribution in [0.15, 0.2) is 72.1 Å². The van der Waals surface area contributed by atoms with E-state index in [1.807, 2.05) is 78.7 Å². The highest BCUT2D eigenvalue weighted by Gasteiger charge is 2.60. The highest BCUT2D eigenvalue weighted by atomic mass is 32.1. The molecule has 6 heteroatoms. The lowest BCUT2D eigenvalue weighted by molar-refractivity contribution is -0.135. The van der Waals surface area contributed by atoms with E-state index in [1.165, 1.54) is 4.90 Å². The zero-order valence-corrected chi connectivity index (χ0v) is 19.5. The molecule has 0 radical (unpaired) electrons. The van der Waals surface area contributed by atoms with Crippen molar-refractivity contribution in [3.05, 3.63) is 88.1 Å². The zero-order valence-electron chi connectivity index (χ0n) is 18.7. The SMILES string of the molecule is CCC(C(=O)N1CC2C(=O)N(c3ccccc3)C(=O)C2C1c1sccc1C)c1ccccc1. The molecule has 1 aromatic heterocycles.